The van der Waals surface area contributed by atoms with Gasteiger partial charge in [-0.15, -0.1) is 0 Å². The molecule has 5 aliphatic rings. The normalized spacial score (nSPS) is 34.9. The molecule has 0 radical (unpaired) electrons. The van der Waals surface area contributed by atoms with Crippen molar-refractivity contribution < 1.29 is 18.0 Å². The molecular formula is C23H30N2O4S. The SMILES string of the molecule is CS(=O)(=O)c1cccc(NC(=O)C2CCCN2C(=O)C23CC4CC(CC(C4)C2)C3)c1. The monoisotopic (exact) mass is 430 g/mol. The van der Waals surface area contributed by atoms with E-state index < -0.39 is 15.9 Å². The Balaban J connectivity index is 1.33. The Morgan fingerprint density at radius 1 is 1.07 bits per heavy atom. The second-order valence-corrected chi connectivity index (χ2v) is 12.2. The molecule has 1 N–H and O–H groups in total. The summed E-state index contributed by atoms with van der Waals surface area (Å²) in [7, 11) is -3.35. The smallest absolute Gasteiger partial charge is 0.247 e. The average molecular weight is 431 g/mol. The molecule has 0 spiro atoms. The quantitative estimate of drug-likeness (QED) is 0.795. The third kappa shape index (κ3) is 3.45. The number of benzene rings is 1. The fraction of sp³-hybridized carbons (Fsp3) is 0.652. The molecule has 4 bridgehead atoms. The van der Waals surface area contributed by atoms with Crippen LogP contribution in [0.15, 0.2) is 29.2 Å². The largest absolute Gasteiger partial charge is 0.330 e. The van der Waals surface area contributed by atoms with Crippen molar-refractivity contribution in [3.05, 3.63) is 24.3 Å². The van der Waals surface area contributed by atoms with Crippen molar-refractivity contribution in [3.8, 4) is 0 Å². The summed E-state index contributed by atoms with van der Waals surface area (Å²) >= 11 is 0. The van der Waals surface area contributed by atoms with E-state index in [1.165, 1.54) is 31.4 Å². The van der Waals surface area contributed by atoms with Crippen molar-refractivity contribution in [2.24, 2.45) is 23.2 Å². The number of carbonyl (C=O) groups is 2. The van der Waals surface area contributed by atoms with Gasteiger partial charge in [-0.05, 0) is 87.3 Å². The number of amides is 2. The molecule has 2 amide bonds. The molecule has 7 heteroatoms. The lowest BCUT2D eigenvalue weighted by atomic mass is 9.49. The van der Waals surface area contributed by atoms with E-state index in [1.54, 1.807) is 12.1 Å². The van der Waals surface area contributed by atoms with Gasteiger partial charge in [-0.2, -0.15) is 0 Å². The Kier molecular flexibility index (Phi) is 4.73. The van der Waals surface area contributed by atoms with E-state index in [0.717, 1.165) is 31.9 Å². The summed E-state index contributed by atoms with van der Waals surface area (Å²) in [5.41, 5.74) is 0.213. The summed E-state index contributed by atoms with van der Waals surface area (Å²) in [5, 5.41) is 2.86. The topological polar surface area (TPSA) is 83.6 Å². The predicted molar refractivity (Wildman–Crippen MR) is 114 cm³/mol. The fourth-order valence-corrected chi connectivity index (χ4v) is 7.66. The van der Waals surface area contributed by atoms with Gasteiger partial charge in [-0.1, -0.05) is 6.07 Å². The lowest BCUT2D eigenvalue weighted by Crippen LogP contribution is -2.56. The Morgan fingerprint density at radius 2 is 1.70 bits per heavy atom. The predicted octanol–water partition coefficient (Wildman–Crippen LogP) is 3.24. The standard InChI is InChI=1S/C23H30N2O4S/c1-30(28,29)19-5-2-4-18(11-19)24-21(26)20-6-3-7-25(20)22(27)23-12-15-8-16(13-23)10-17(9-15)14-23/h2,4-5,11,15-17,20H,3,6-10,12-14H2,1H3,(H,24,26). The minimum Gasteiger partial charge on any atom is -0.330 e. The Hall–Kier alpha value is -1.89. The van der Waals surface area contributed by atoms with Crippen molar-refractivity contribution in [2.75, 3.05) is 18.1 Å². The van der Waals surface area contributed by atoms with Crippen LogP contribution in [0.2, 0.25) is 0 Å². The zero-order valence-electron chi connectivity index (χ0n) is 17.5. The summed E-state index contributed by atoms with van der Waals surface area (Å²) in [6, 6.07) is 5.84. The molecule has 1 atom stereocenters. The first kappa shape index (κ1) is 20.0. The van der Waals surface area contributed by atoms with Crippen molar-refractivity contribution >= 4 is 27.3 Å². The maximum atomic E-state index is 13.7. The summed E-state index contributed by atoms with van der Waals surface area (Å²) in [6.07, 6.45) is 9.50. The van der Waals surface area contributed by atoms with Gasteiger partial charge >= 0.3 is 0 Å². The van der Waals surface area contributed by atoms with E-state index in [9.17, 15) is 18.0 Å². The number of anilines is 1. The second-order valence-electron chi connectivity index (χ2n) is 10.1. The first-order chi connectivity index (χ1) is 14.2. The summed E-state index contributed by atoms with van der Waals surface area (Å²) in [4.78, 5) is 28.8. The van der Waals surface area contributed by atoms with Crippen LogP contribution >= 0.6 is 0 Å². The van der Waals surface area contributed by atoms with Crippen LogP contribution in [0.3, 0.4) is 0 Å². The van der Waals surface area contributed by atoms with Crippen LogP contribution in [0.1, 0.15) is 51.4 Å². The third-order valence-corrected chi connectivity index (χ3v) is 8.95. The number of carbonyl (C=O) groups excluding carboxylic acids is 2. The van der Waals surface area contributed by atoms with Gasteiger partial charge in [-0.3, -0.25) is 9.59 Å². The molecule has 1 aromatic rings. The van der Waals surface area contributed by atoms with Gasteiger partial charge in [0.05, 0.1) is 10.3 Å². The highest BCUT2D eigenvalue weighted by molar-refractivity contribution is 7.90. The molecule has 1 aromatic carbocycles. The van der Waals surface area contributed by atoms with Crippen LogP contribution in [-0.2, 0) is 19.4 Å². The Morgan fingerprint density at radius 3 is 2.30 bits per heavy atom. The van der Waals surface area contributed by atoms with Crippen LogP contribution in [0.4, 0.5) is 5.69 Å². The molecule has 5 fully saturated rings. The van der Waals surface area contributed by atoms with Crippen LogP contribution in [-0.4, -0.2) is 44.0 Å². The van der Waals surface area contributed by atoms with Crippen LogP contribution in [0, 0.1) is 23.2 Å². The average Bonchev–Trinajstić information content (AvgIpc) is 3.15. The first-order valence-corrected chi connectivity index (χ1v) is 13.0. The summed E-state index contributed by atoms with van der Waals surface area (Å²) < 4.78 is 23.6. The van der Waals surface area contributed by atoms with Crippen molar-refractivity contribution in [3.63, 3.8) is 0 Å². The molecular weight excluding hydrogens is 400 g/mol. The van der Waals surface area contributed by atoms with Crippen LogP contribution in [0.25, 0.3) is 0 Å². The van der Waals surface area contributed by atoms with E-state index in [4.69, 9.17) is 0 Å². The van der Waals surface area contributed by atoms with E-state index in [2.05, 4.69) is 5.32 Å². The van der Waals surface area contributed by atoms with E-state index >= 15 is 0 Å². The molecule has 4 aliphatic carbocycles. The number of nitrogens with zero attached hydrogens (tertiary/aromatic N) is 1. The Bertz CT molecular complexity index is 951. The number of rotatable bonds is 4. The van der Waals surface area contributed by atoms with Crippen molar-refractivity contribution in [1.29, 1.82) is 0 Å². The highest BCUT2D eigenvalue weighted by Gasteiger charge is 2.56. The zero-order valence-corrected chi connectivity index (χ0v) is 18.3. The third-order valence-electron chi connectivity index (χ3n) is 7.84. The Labute approximate surface area is 178 Å². The number of likely N-dealkylation sites (tertiary alicyclic amines) is 1. The number of hydrogen-bond donors (Lipinski definition) is 1. The van der Waals surface area contributed by atoms with E-state index in [0.29, 0.717) is 36.4 Å². The highest BCUT2D eigenvalue weighted by atomic mass is 32.2. The molecule has 30 heavy (non-hydrogen) atoms. The lowest BCUT2D eigenvalue weighted by molar-refractivity contribution is -0.160. The lowest BCUT2D eigenvalue weighted by Gasteiger charge is -2.56. The van der Waals surface area contributed by atoms with Gasteiger partial charge in [0.1, 0.15) is 6.04 Å². The van der Waals surface area contributed by atoms with Gasteiger partial charge in [-0.25, -0.2) is 8.42 Å². The van der Waals surface area contributed by atoms with Crippen molar-refractivity contribution in [1.82, 2.24) is 4.90 Å². The molecule has 6 rings (SSSR count). The zero-order chi connectivity index (χ0) is 21.1. The number of hydrogen-bond acceptors (Lipinski definition) is 4. The maximum absolute atomic E-state index is 13.7. The van der Waals surface area contributed by atoms with Gasteiger partial charge in [0.25, 0.3) is 0 Å². The first-order valence-electron chi connectivity index (χ1n) is 11.2. The molecule has 0 aromatic heterocycles. The van der Waals surface area contributed by atoms with E-state index in [1.807, 2.05) is 4.90 Å². The minimum atomic E-state index is -3.35. The van der Waals surface area contributed by atoms with Gasteiger partial charge in [0.2, 0.25) is 11.8 Å². The molecule has 6 nitrogen and oxygen atoms in total. The minimum absolute atomic E-state index is 0.174. The molecule has 4 saturated carbocycles. The fourth-order valence-electron chi connectivity index (χ4n) is 6.99. The maximum Gasteiger partial charge on any atom is 0.247 e. The van der Waals surface area contributed by atoms with Gasteiger partial charge < -0.3 is 10.2 Å². The molecule has 1 heterocycles. The van der Waals surface area contributed by atoms with E-state index in [-0.39, 0.29) is 22.1 Å². The summed E-state index contributed by atoms with van der Waals surface area (Å²) in [6.45, 7) is 0.641. The second kappa shape index (κ2) is 7.08. The molecule has 162 valence electrons. The van der Waals surface area contributed by atoms with Crippen LogP contribution in [0.5, 0.6) is 0 Å². The molecule has 1 saturated heterocycles. The van der Waals surface area contributed by atoms with Gasteiger partial charge in [0.15, 0.2) is 9.84 Å². The van der Waals surface area contributed by atoms with Crippen LogP contribution < -0.4 is 5.32 Å². The van der Waals surface area contributed by atoms with Gasteiger partial charge in [0, 0.05) is 18.5 Å². The number of sulfone groups is 1. The van der Waals surface area contributed by atoms with Crippen molar-refractivity contribution in [2.45, 2.75) is 62.3 Å². The highest BCUT2D eigenvalue weighted by Crippen LogP contribution is 2.60. The molecule has 1 unspecified atom stereocenters. The molecule has 1 aliphatic heterocycles. The summed E-state index contributed by atoms with van der Waals surface area (Å²) in [5.74, 6) is 2.05. The number of nitrogens with one attached hydrogen (secondary N) is 1.